The molecular weight excluding hydrogens is 410 g/mol. The molecule has 33 heavy (non-hydrogen) atoms. The van der Waals surface area contributed by atoms with Crippen LogP contribution in [0.3, 0.4) is 0 Å². The van der Waals surface area contributed by atoms with Crippen LogP contribution < -0.4 is 0 Å². The third-order valence-corrected chi connectivity index (χ3v) is 5.81. The normalized spacial score (nSPS) is 11.5. The van der Waals surface area contributed by atoms with Crippen molar-refractivity contribution in [3.8, 4) is 0 Å². The third kappa shape index (κ3) is 5.03. The Morgan fingerprint density at radius 2 is 1.88 bits per heavy atom. The average molecular weight is 440 g/mol. The van der Waals surface area contributed by atoms with E-state index in [-0.39, 0.29) is 11.7 Å². The van der Waals surface area contributed by atoms with Crippen molar-refractivity contribution in [2.75, 3.05) is 7.11 Å². The lowest BCUT2D eigenvalue weighted by molar-refractivity contribution is 0.0983. The summed E-state index contributed by atoms with van der Waals surface area (Å²) in [6.45, 7) is 5.01. The number of Topliss-reactive ketones (excluding diaryl/α,β-unsaturated/α-hetero) is 1. The molecule has 168 valence electrons. The zero-order chi connectivity index (χ0) is 23.2. The maximum atomic E-state index is 13.6. The van der Waals surface area contributed by atoms with Crippen molar-refractivity contribution in [3.63, 3.8) is 0 Å². The number of fused-ring (bicyclic) bond motifs is 1. The molecule has 5 heteroatoms. The van der Waals surface area contributed by atoms with Crippen LogP contribution in [0.25, 0.3) is 10.9 Å². The number of rotatable bonds is 9. The van der Waals surface area contributed by atoms with Gasteiger partial charge < -0.3 is 9.40 Å². The highest BCUT2D eigenvalue weighted by atomic mass is 16.6. The zero-order valence-electron chi connectivity index (χ0n) is 19.4. The highest BCUT2D eigenvalue weighted by Crippen LogP contribution is 2.34. The number of hydrogen-bond donors (Lipinski definition) is 0. The van der Waals surface area contributed by atoms with Crippen molar-refractivity contribution in [3.05, 3.63) is 101 Å². The van der Waals surface area contributed by atoms with Gasteiger partial charge in [0.2, 0.25) is 0 Å². The summed E-state index contributed by atoms with van der Waals surface area (Å²) in [5, 5.41) is 4.90. The fraction of sp³-hybridized carbons (Fsp3) is 0.250. The lowest BCUT2D eigenvalue weighted by Crippen LogP contribution is -2.11. The van der Waals surface area contributed by atoms with E-state index >= 15 is 0 Å². The molecular formula is C28H29N3O2. The van der Waals surface area contributed by atoms with Gasteiger partial charge >= 0.3 is 0 Å². The summed E-state index contributed by atoms with van der Waals surface area (Å²) in [4.78, 5) is 22.6. The van der Waals surface area contributed by atoms with Crippen LogP contribution in [0.1, 0.15) is 58.9 Å². The van der Waals surface area contributed by atoms with Gasteiger partial charge in [0.05, 0.1) is 6.21 Å². The quantitative estimate of drug-likeness (QED) is 0.182. The molecule has 0 fully saturated rings. The second-order valence-corrected chi connectivity index (χ2v) is 8.46. The van der Waals surface area contributed by atoms with Crippen molar-refractivity contribution in [2.24, 2.45) is 5.16 Å². The Balaban J connectivity index is 1.82. The first kappa shape index (κ1) is 22.5. The first-order valence-corrected chi connectivity index (χ1v) is 11.3. The first-order valence-electron chi connectivity index (χ1n) is 11.3. The van der Waals surface area contributed by atoms with Gasteiger partial charge in [0.1, 0.15) is 7.11 Å². The topological polar surface area (TPSA) is 56.5 Å². The van der Waals surface area contributed by atoms with E-state index in [4.69, 9.17) is 4.84 Å². The molecule has 2 aromatic heterocycles. The van der Waals surface area contributed by atoms with Crippen LogP contribution in [0.5, 0.6) is 0 Å². The van der Waals surface area contributed by atoms with Gasteiger partial charge in [-0.05, 0) is 41.2 Å². The number of aryl methyl sites for hydroxylation is 1. The Hall–Kier alpha value is -3.73. The van der Waals surface area contributed by atoms with Crippen molar-refractivity contribution < 1.29 is 9.63 Å². The summed E-state index contributed by atoms with van der Waals surface area (Å²) in [5.41, 5.74) is 6.14. The van der Waals surface area contributed by atoms with Crippen molar-refractivity contribution in [2.45, 2.75) is 39.2 Å². The number of benzene rings is 2. The molecule has 0 bridgehead atoms. The second kappa shape index (κ2) is 10.3. The number of aromatic nitrogens is 2. The van der Waals surface area contributed by atoms with E-state index in [0.717, 1.165) is 33.3 Å². The van der Waals surface area contributed by atoms with Crippen LogP contribution in [0.4, 0.5) is 0 Å². The maximum absolute atomic E-state index is 13.6. The van der Waals surface area contributed by atoms with E-state index in [9.17, 15) is 4.79 Å². The minimum atomic E-state index is 0.165. The minimum absolute atomic E-state index is 0.165. The number of pyridine rings is 1. The fourth-order valence-electron chi connectivity index (χ4n) is 4.34. The molecule has 0 aliphatic carbocycles. The van der Waals surface area contributed by atoms with Gasteiger partial charge in [0.15, 0.2) is 5.78 Å². The van der Waals surface area contributed by atoms with E-state index in [2.05, 4.69) is 46.8 Å². The van der Waals surface area contributed by atoms with E-state index in [1.54, 1.807) is 12.4 Å². The Labute approximate surface area is 194 Å². The van der Waals surface area contributed by atoms with Gasteiger partial charge in [-0.15, -0.1) is 0 Å². The van der Waals surface area contributed by atoms with Gasteiger partial charge in [0.25, 0.3) is 0 Å². The van der Waals surface area contributed by atoms with Crippen LogP contribution in [-0.2, 0) is 17.8 Å². The Bertz CT molecular complexity index is 1260. The third-order valence-electron chi connectivity index (χ3n) is 5.81. The summed E-state index contributed by atoms with van der Waals surface area (Å²) in [5.74, 6) is 0.354. The molecule has 0 amide bonds. The van der Waals surface area contributed by atoms with Crippen LogP contribution in [0.15, 0.2) is 78.2 Å². The Kier molecular flexibility index (Phi) is 6.98. The van der Waals surface area contributed by atoms with Gasteiger partial charge in [-0.1, -0.05) is 67.5 Å². The molecule has 2 aromatic carbocycles. The summed E-state index contributed by atoms with van der Waals surface area (Å²) < 4.78 is 2.29. The molecule has 0 N–H and O–H groups in total. The Morgan fingerprint density at radius 3 is 2.58 bits per heavy atom. The van der Waals surface area contributed by atoms with E-state index < -0.39 is 0 Å². The predicted octanol–water partition coefficient (Wildman–Crippen LogP) is 6.00. The SMILES string of the molecule is CO/N=C/c1ccc2c(C(=O)CCc3cccnc3)c(C(C)C)n(Cc3ccccc3)c2c1. The van der Waals surface area contributed by atoms with Gasteiger partial charge in [-0.25, -0.2) is 0 Å². The fourth-order valence-corrected chi connectivity index (χ4v) is 4.34. The van der Waals surface area contributed by atoms with Crippen molar-refractivity contribution in [1.82, 2.24) is 9.55 Å². The van der Waals surface area contributed by atoms with Gasteiger partial charge in [-0.2, -0.15) is 0 Å². The van der Waals surface area contributed by atoms with Crippen LogP contribution in [-0.4, -0.2) is 28.7 Å². The van der Waals surface area contributed by atoms with Crippen LogP contribution in [0, 0.1) is 0 Å². The highest BCUT2D eigenvalue weighted by Gasteiger charge is 2.24. The van der Waals surface area contributed by atoms with Crippen molar-refractivity contribution in [1.29, 1.82) is 0 Å². The molecule has 2 heterocycles. The van der Waals surface area contributed by atoms with Gasteiger partial charge in [0, 0.05) is 47.5 Å². The monoisotopic (exact) mass is 439 g/mol. The summed E-state index contributed by atoms with van der Waals surface area (Å²) in [6, 6.07) is 20.4. The molecule has 4 aromatic rings. The predicted molar refractivity (Wildman–Crippen MR) is 133 cm³/mol. The highest BCUT2D eigenvalue weighted by molar-refractivity contribution is 6.10. The van der Waals surface area contributed by atoms with Crippen LogP contribution in [0.2, 0.25) is 0 Å². The smallest absolute Gasteiger partial charge is 0.165 e. The molecule has 0 aliphatic heterocycles. The molecule has 5 nitrogen and oxygen atoms in total. The van der Waals surface area contributed by atoms with E-state index in [1.807, 2.05) is 48.7 Å². The lowest BCUT2D eigenvalue weighted by Gasteiger charge is -2.15. The summed E-state index contributed by atoms with van der Waals surface area (Å²) >= 11 is 0. The number of carbonyl (C=O) groups excluding carboxylic acids is 1. The maximum Gasteiger partial charge on any atom is 0.165 e. The molecule has 0 atom stereocenters. The number of nitrogens with zero attached hydrogens (tertiary/aromatic N) is 3. The molecule has 0 saturated carbocycles. The molecule has 4 rings (SSSR count). The van der Waals surface area contributed by atoms with Crippen LogP contribution >= 0.6 is 0 Å². The first-order chi connectivity index (χ1) is 16.1. The number of carbonyl (C=O) groups is 1. The van der Waals surface area contributed by atoms with Crippen molar-refractivity contribution >= 4 is 22.9 Å². The molecule has 0 aliphatic rings. The summed E-state index contributed by atoms with van der Waals surface area (Å²) in [6.07, 6.45) is 6.40. The molecule has 0 saturated heterocycles. The largest absolute Gasteiger partial charge is 0.399 e. The number of oxime groups is 1. The van der Waals surface area contributed by atoms with E-state index in [1.165, 1.54) is 12.7 Å². The standard InChI is InChI=1S/C28H29N3O2/c1-20(2)28-27(26(32)14-12-21-10-7-15-29-17-21)24-13-11-23(18-30-33-3)16-25(24)31(28)19-22-8-5-4-6-9-22/h4-11,13,15-18,20H,12,14,19H2,1-3H3/b30-18+. The van der Waals surface area contributed by atoms with E-state index in [0.29, 0.717) is 19.4 Å². The Morgan fingerprint density at radius 1 is 1.09 bits per heavy atom. The summed E-state index contributed by atoms with van der Waals surface area (Å²) in [7, 11) is 1.53. The minimum Gasteiger partial charge on any atom is -0.399 e. The van der Waals surface area contributed by atoms with Gasteiger partial charge in [-0.3, -0.25) is 9.78 Å². The number of ketones is 1. The molecule has 0 spiro atoms. The number of hydrogen-bond acceptors (Lipinski definition) is 4. The molecule has 0 radical (unpaired) electrons. The second-order valence-electron chi connectivity index (χ2n) is 8.46. The molecule has 0 unspecified atom stereocenters. The lowest BCUT2D eigenvalue weighted by atomic mass is 9.96. The average Bonchev–Trinajstić information content (AvgIpc) is 3.16. The zero-order valence-corrected chi connectivity index (χ0v) is 19.4.